The van der Waals surface area contributed by atoms with Crippen LogP contribution >= 0.6 is 22.9 Å². The van der Waals surface area contributed by atoms with E-state index in [-0.39, 0.29) is 19.8 Å². The van der Waals surface area contributed by atoms with Gasteiger partial charge in [-0.2, -0.15) is 0 Å². The maximum absolute atomic E-state index is 11.9. The van der Waals surface area contributed by atoms with Gasteiger partial charge in [-0.05, 0) is 19.1 Å². The standard InChI is InChI=1S/C14H13ClO5S/c1-2-18-14(17)13-11(15)10-9(21-13)4-3-8-12(10)20-7(5-16)6-19-8/h3-4,7,16H,2,5-6H2,1H3/t7-/m0/s1. The number of benzene rings is 1. The smallest absolute Gasteiger partial charge is 0.349 e. The maximum Gasteiger partial charge on any atom is 0.349 e. The number of carbonyl (C=O) groups is 1. The third-order valence-electron chi connectivity index (χ3n) is 3.09. The zero-order valence-corrected chi connectivity index (χ0v) is 12.8. The van der Waals surface area contributed by atoms with E-state index in [0.29, 0.717) is 26.8 Å². The van der Waals surface area contributed by atoms with Crippen LogP contribution in [0.3, 0.4) is 0 Å². The van der Waals surface area contributed by atoms with Gasteiger partial charge in [0.15, 0.2) is 17.6 Å². The van der Waals surface area contributed by atoms with E-state index in [1.165, 1.54) is 11.3 Å². The van der Waals surface area contributed by atoms with Crippen molar-refractivity contribution in [2.24, 2.45) is 0 Å². The summed E-state index contributed by atoms with van der Waals surface area (Å²) in [6, 6.07) is 3.60. The number of aliphatic hydroxyl groups is 1. The molecule has 0 fully saturated rings. The van der Waals surface area contributed by atoms with Crippen LogP contribution < -0.4 is 9.47 Å². The molecule has 0 bridgehead atoms. The Hall–Kier alpha value is -1.50. The van der Waals surface area contributed by atoms with Crippen LogP contribution in [0.2, 0.25) is 5.02 Å². The number of thiophene rings is 1. The van der Waals surface area contributed by atoms with Crippen molar-refractivity contribution in [3.05, 3.63) is 22.0 Å². The third-order valence-corrected chi connectivity index (χ3v) is 4.71. The Morgan fingerprint density at radius 1 is 1.57 bits per heavy atom. The van der Waals surface area contributed by atoms with Gasteiger partial charge in [0.05, 0.1) is 23.6 Å². The van der Waals surface area contributed by atoms with Crippen molar-refractivity contribution in [3.63, 3.8) is 0 Å². The minimum absolute atomic E-state index is 0.150. The Labute approximate surface area is 130 Å². The van der Waals surface area contributed by atoms with Gasteiger partial charge in [-0.3, -0.25) is 0 Å². The number of hydrogen-bond donors (Lipinski definition) is 1. The van der Waals surface area contributed by atoms with Gasteiger partial charge in [-0.25, -0.2) is 4.79 Å². The van der Waals surface area contributed by atoms with Gasteiger partial charge in [0.1, 0.15) is 11.5 Å². The fraction of sp³-hybridized carbons (Fsp3) is 0.357. The van der Waals surface area contributed by atoms with Gasteiger partial charge in [0.2, 0.25) is 0 Å². The minimum Gasteiger partial charge on any atom is -0.486 e. The molecule has 0 saturated heterocycles. The lowest BCUT2D eigenvalue weighted by Gasteiger charge is -2.25. The highest BCUT2D eigenvalue weighted by Gasteiger charge is 2.27. The topological polar surface area (TPSA) is 65.0 Å². The van der Waals surface area contributed by atoms with Crippen LogP contribution in [-0.4, -0.2) is 37.0 Å². The molecular weight excluding hydrogens is 316 g/mol. The van der Waals surface area contributed by atoms with Gasteiger partial charge in [0.25, 0.3) is 0 Å². The molecule has 1 aromatic heterocycles. The number of ether oxygens (including phenoxy) is 3. The molecule has 3 rings (SSSR count). The second-order valence-electron chi connectivity index (χ2n) is 4.47. The summed E-state index contributed by atoms with van der Waals surface area (Å²) in [6.07, 6.45) is -0.440. The molecule has 0 saturated carbocycles. The van der Waals surface area contributed by atoms with Crippen molar-refractivity contribution in [3.8, 4) is 11.5 Å². The van der Waals surface area contributed by atoms with Crippen LogP contribution in [0.25, 0.3) is 10.1 Å². The fourth-order valence-corrected chi connectivity index (χ4v) is 3.56. The number of carbonyl (C=O) groups excluding carboxylic acids is 1. The molecule has 1 aliphatic rings. The van der Waals surface area contributed by atoms with E-state index in [0.717, 1.165) is 4.70 Å². The first kappa shape index (κ1) is 14.4. The lowest BCUT2D eigenvalue weighted by molar-refractivity contribution is 0.0472. The molecule has 0 radical (unpaired) electrons. The molecule has 7 heteroatoms. The number of esters is 1. The average molecular weight is 329 g/mol. The van der Waals surface area contributed by atoms with Crippen molar-refractivity contribution in [2.45, 2.75) is 13.0 Å². The predicted molar refractivity (Wildman–Crippen MR) is 79.8 cm³/mol. The van der Waals surface area contributed by atoms with Gasteiger partial charge in [-0.1, -0.05) is 11.6 Å². The summed E-state index contributed by atoms with van der Waals surface area (Å²) < 4.78 is 17.1. The van der Waals surface area contributed by atoms with E-state index in [1.54, 1.807) is 13.0 Å². The van der Waals surface area contributed by atoms with Crippen LogP contribution in [-0.2, 0) is 4.74 Å². The van der Waals surface area contributed by atoms with E-state index in [4.69, 9.17) is 25.8 Å². The van der Waals surface area contributed by atoms with Gasteiger partial charge < -0.3 is 19.3 Å². The molecule has 112 valence electrons. The molecule has 2 aromatic rings. The fourth-order valence-electron chi connectivity index (χ4n) is 2.14. The summed E-state index contributed by atoms with van der Waals surface area (Å²) >= 11 is 7.58. The van der Waals surface area contributed by atoms with E-state index in [1.807, 2.05) is 6.07 Å². The Morgan fingerprint density at radius 3 is 3.10 bits per heavy atom. The maximum atomic E-state index is 11.9. The van der Waals surface area contributed by atoms with Crippen LogP contribution in [0.4, 0.5) is 0 Å². The van der Waals surface area contributed by atoms with E-state index in [9.17, 15) is 9.90 Å². The predicted octanol–water partition coefficient (Wildman–Crippen LogP) is 2.86. The van der Waals surface area contributed by atoms with Crippen molar-refractivity contribution >= 4 is 39.0 Å². The van der Waals surface area contributed by atoms with Gasteiger partial charge in [-0.15, -0.1) is 11.3 Å². The summed E-state index contributed by atoms with van der Waals surface area (Å²) in [6.45, 7) is 2.15. The second-order valence-corrected chi connectivity index (χ2v) is 5.90. The molecule has 0 unspecified atom stereocenters. The number of rotatable bonds is 3. The van der Waals surface area contributed by atoms with Crippen molar-refractivity contribution < 1.29 is 24.1 Å². The summed E-state index contributed by atoms with van der Waals surface area (Å²) in [5.41, 5.74) is 0. The largest absolute Gasteiger partial charge is 0.486 e. The normalized spacial score (nSPS) is 17.0. The molecular formula is C14H13ClO5S. The molecule has 0 spiro atoms. The quantitative estimate of drug-likeness (QED) is 0.878. The molecule has 0 amide bonds. The molecule has 1 N–H and O–H groups in total. The number of aliphatic hydroxyl groups excluding tert-OH is 1. The highest BCUT2D eigenvalue weighted by atomic mass is 35.5. The van der Waals surface area contributed by atoms with E-state index in [2.05, 4.69) is 0 Å². The van der Waals surface area contributed by atoms with Crippen LogP contribution in [0.5, 0.6) is 11.5 Å². The average Bonchev–Trinajstić information content (AvgIpc) is 2.84. The SMILES string of the molecule is CCOC(=O)c1sc2ccc3c(c2c1Cl)O[C@@H](CO)CO3. The molecule has 2 heterocycles. The first-order valence-electron chi connectivity index (χ1n) is 6.48. The number of halogens is 1. The first-order valence-corrected chi connectivity index (χ1v) is 7.67. The number of fused-ring (bicyclic) bond motifs is 3. The highest BCUT2D eigenvalue weighted by Crippen LogP contribution is 2.47. The molecule has 1 aliphatic heterocycles. The van der Waals surface area contributed by atoms with Crippen LogP contribution in [0.15, 0.2) is 12.1 Å². The van der Waals surface area contributed by atoms with Crippen LogP contribution in [0.1, 0.15) is 16.6 Å². The van der Waals surface area contributed by atoms with E-state index >= 15 is 0 Å². The Kier molecular flexibility index (Phi) is 3.93. The molecule has 0 aliphatic carbocycles. The Balaban J connectivity index is 2.13. The van der Waals surface area contributed by atoms with Crippen molar-refractivity contribution in [2.75, 3.05) is 19.8 Å². The van der Waals surface area contributed by atoms with Crippen molar-refractivity contribution in [1.29, 1.82) is 0 Å². The van der Waals surface area contributed by atoms with Gasteiger partial charge in [0, 0.05) is 4.70 Å². The third kappa shape index (κ3) is 2.43. The highest BCUT2D eigenvalue weighted by molar-refractivity contribution is 7.21. The summed E-state index contributed by atoms with van der Waals surface area (Å²) in [7, 11) is 0. The van der Waals surface area contributed by atoms with E-state index < -0.39 is 12.1 Å². The zero-order chi connectivity index (χ0) is 15.0. The molecule has 1 atom stereocenters. The van der Waals surface area contributed by atoms with Crippen LogP contribution in [0, 0.1) is 0 Å². The summed E-state index contributed by atoms with van der Waals surface area (Å²) in [5.74, 6) is 0.574. The van der Waals surface area contributed by atoms with Gasteiger partial charge >= 0.3 is 5.97 Å². The minimum atomic E-state index is -0.451. The summed E-state index contributed by atoms with van der Waals surface area (Å²) in [4.78, 5) is 12.3. The summed E-state index contributed by atoms with van der Waals surface area (Å²) in [5, 5.41) is 10.1. The first-order chi connectivity index (χ1) is 10.2. The molecule has 21 heavy (non-hydrogen) atoms. The molecule has 5 nitrogen and oxygen atoms in total. The monoisotopic (exact) mass is 328 g/mol. The lowest BCUT2D eigenvalue weighted by Crippen LogP contribution is -2.32. The van der Waals surface area contributed by atoms with Crippen molar-refractivity contribution in [1.82, 2.24) is 0 Å². The zero-order valence-electron chi connectivity index (χ0n) is 11.2. The Bertz CT molecular complexity index is 696. The lowest BCUT2D eigenvalue weighted by atomic mass is 10.2. The molecule has 1 aromatic carbocycles. The number of hydrogen-bond acceptors (Lipinski definition) is 6. The second kappa shape index (κ2) is 5.71. The Morgan fingerprint density at radius 2 is 2.38 bits per heavy atom.